The first-order valence-corrected chi connectivity index (χ1v) is 7.28. The third kappa shape index (κ3) is 7.14. The maximum atomic E-state index is 11.8. The molecule has 0 aliphatic carbocycles. The van der Waals surface area contributed by atoms with Gasteiger partial charge in [0.05, 0.1) is 6.54 Å². The van der Waals surface area contributed by atoms with Crippen LogP contribution >= 0.6 is 0 Å². The number of aliphatic hydroxyl groups is 1. The molecule has 4 nitrogen and oxygen atoms in total. The highest BCUT2D eigenvalue weighted by Crippen LogP contribution is 2.14. The Morgan fingerprint density at radius 1 is 1.25 bits per heavy atom. The molecule has 0 aromatic heterocycles. The van der Waals surface area contributed by atoms with Gasteiger partial charge in [-0.05, 0) is 36.8 Å². The first-order chi connectivity index (χ1) is 9.61. The molecule has 4 heteroatoms. The Kier molecular flexibility index (Phi) is 7.73. The molecule has 1 rings (SSSR count). The Hall–Kier alpha value is -1.55. The van der Waals surface area contributed by atoms with Crippen molar-refractivity contribution in [1.82, 2.24) is 5.32 Å². The maximum Gasteiger partial charge on any atom is 0.239 e. The summed E-state index contributed by atoms with van der Waals surface area (Å²) in [5.74, 6) is 0.909. The van der Waals surface area contributed by atoms with E-state index < -0.39 is 0 Å². The zero-order valence-electron chi connectivity index (χ0n) is 12.4. The van der Waals surface area contributed by atoms with Gasteiger partial charge in [-0.25, -0.2) is 0 Å². The molecule has 0 spiro atoms. The second-order valence-corrected chi connectivity index (χ2v) is 5.53. The molecule has 1 atom stereocenters. The third-order valence-corrected chi connectivity index (χ3v) is 3.16. The molecule has 1 amide bonds. The summed E-state index contributed by atoms with van der Waals surface area (Å²) in [5.41, 5.74) is 0.941. The average molecular weight is 278 g/mol. The Morgan fingerprint density at radius 3 is 2.55 bits per heavy atom. The van der Waals surface area contributed by atoms with Crippen LogP contribution in [0, 0.1) is 11.8 Å². The summed E-state index contributed by atoms with van der Waals surface area (Å²) in [6.45, 7) is 5.40. The summed E-state index contributed by atoms with van der Waals surface area (Å²) in [4.78, 5) is 11.8. The van der Waals surface area contributed by atoms with E-state index in [4.69, 9.17) is 5.11 Å². The lowest BCUT2D eigenvalue weighted by Crippen LogP contribution is -2.34. The number of benzene rings is 1. The SMILES string of the molecule is CC(C)CC(CCO)CNC(=O)CNc1ccccc1. The van der Waals surface area contributed by atoms with Gasteiger partial charge in [-0.1, -0.05) is 32.0 Å². The number of para-hydroxylation sites is 1. The average Bonchev–Trinajstić information content (AvgIpc) is 2.43. The van der Waals surface area contributed by atoms with Gasteiger partial charge in [0.1, 0.15) is 0 Å². The molecule has 0 bridgehead atoms. The smallest absolute Gasteiger partial charge is 0.239 e. The van der Waals surface area contributed by atoms with Crippen LogP contribution in [0.1, 0.15) is 26.7 Å². The molecule has 1 unspecified atom stereocenters. The summed E-state index contributed by atoms with van der Waals surface area (Å²) in [7, 11) is 0. The number of nitrogens with one attached hydrogen (secondary N) is 2. The van der Waals surface area contributed by atoms with Crippen molar-refractivity contribution >= 4 is 11.6 Å². The van der Waals surface area contributed by atoms with Crippen LogP contribution in [-0.4, -0.2) is 30.7 Å². The summed E-state index contributed by atoms with van der Waals surface area (Å²) in [5, 5.41) is 15.1. The van der Waals surface area contributed by atoms with Crippen LogP contribution in [0.4, 0.5) is 5.69 Å². The number of anilines is 1. The van der Waals surface area contributed by atoms with E-state index in [9.17, 15) is 4.79 Å². The van der Waals surface area contributed by atoms with Crippen LogP contribution in [0.3, 0.4) is 0 Å². The number of rotatable bonds is 9. The molecule has 1 aromatic rings. The molecule has 20 heavy (non-hydrogen) atoms. The minimum atomic E-state index is -0.0134. The van der Waals surface area contributed by atoms with Crippen molar-refractivity contribution < 1.29 is 9.90 Å². The van der Waals surface area contributed by atoms with E-state index >= 15 is 0 Å². The largest absolute Gasteiger partial charge is 0.396 e. The fraction of sp³-hybridized carbons (Fsp3) is 0.562. The fourth-order valence-electron chi connectivity index (χ4n) is 2.21. The summed E-state index contributed by atoms with van der Waals surface area (Å²) >= 11 is 0. The number of hydrogen-bond acceptors (Lipinski definition) is 3. The van der Waals surface area contributed by atoms with E-state index in [0.717, 1.165) is 18.5 Å². The quantitative estimate of drug-likeness (QED) is 0.649. The molecular formula is C16H26N2O2. The lowest BCUT2D eigenvalue weighted by Gasteiger charge is -2.18. The van der Waals surface area contributed by atoms with Gasteiger partial charge in [-0.15, -0.1) is 0 Å². The molecule has 0 radical (unpaired) electrons. The molecule has 0 aliphatic heterocycles. The predicted octanol–water partition coefficient (Wildman–Crippen LogP) is 2.26. The van der Waals surface area contributed by atoms with Gasteiger partial charge in [-0.2, -0.15) is 0 Å². The fourth-order valence-corrected chi connectivity index (χ4v) is 2.21. The van der Waals surface area contributed by atoms with Gasteiger partial charge in [-0.3, -0.25) is 4.79 Å². The summed E-state index contributed by atoms with van der Waals surface area (Å²) in [6, 6.07) is 9.66. The molecule has 1 aromatic carbocycles. The summed E-state index contributed by atoms with van der Waals surface area (Å²) < 4.78 is 0. The van der Waals surface area contributed by atoms with Crippen molar-refractivity contribution in [2.24, 2.45) is 11.8 Å². The number of hydrogen-bond donors (Lipinski definition) is 3. The lowest BCUT2D eigenvalue weighted by molar-refractivity contribution is -0.119. The minimum Gasteiger partial charge on any atom is -0.396 e. The second-order valence-electron chi connectivity index (χ2n) is 5.53. The number of carbonyl (C=O) groups excluding carboxylic acids is 1. The van der Waals surface area contributed by atoms with E-state index in [1.54, 1.807) is 0 Å². The third-order valence-electron chi connectivity index (χ3n) is 3.16. The molecule has 0 fully saturated rings. The van der Waals surface area contributed by atoms with E-state index in [1.165, 1.54) is 0 Å². The maximum absolute atomic E-state index is 11.8. The first kappa shape index (κ1) is 16.5. The highest BCUT2D eigenvalue weighted by molar-refractivity contribution is 5.80. The molecule has 112 valence electrons. The molecule has 0 aliphatic rings. The van der Waals surface area contributed by atoms with Crippen molar-refractivity contribution in [2.45, 2.75) is 26.7 Å². The van der Waals surface area contributed by atoms with Gasteiger partial charge in [0.2, 0.25) is 5.91 Å². The van der Waals surface area contributed by atoms with E-state index in [2.05, 4.69) is 24.5 Å². The van der Waals surface area contributed by atoms with Gasteiger partial charge in [0, 0.05) is 18.8 Å². The Morgan fingerprint density at radius 2 is 1.95 bits per heavy atom. The zero-order chi connectivity index (χ0) is 14.8. The normalized spacial score (nSPS) is 12.2. The zero-order valence-corrected chi connectivity index (χ0v) is 12.4. The molecule has 0 heterocycles. The van der Waals surface area contributed by atoms with Crippen molar-refractivity contribution in [3.8, 4) is 0 Å². The second kappa shape index (κ2) is 9.37. The topological polar surface area (TPSA) is 61.4 Å². The van der Waals surface area contributed by atoms with E-state index in [-0.39, 0.29) is 19.1 Å². The number of amides is 1. The molecule has 3 N–H and O–H groups in total. The van der Waals surface area contributed by atoms with Crippen LogP contribution in [0.2, 0.25) is 0 Å². The van der Waals surface area contributed by atoms with Crippen molar-refractivity contribution in [1.29, 1.82) is 0 Å². The molecule has 0 saturated heterocycles. The predicted molar refractivity (Wildman–Crippen MR) is 82.6 cm³/mol. The highest BCUT2D eigenvalue weighted by Gasteiger charge is 2.12. The first-order valence-electron chi connectivity index (χ1n) is 7.28. The molecule has 0 saturated carbocycles. The van der Waals surface area contributed by atoms with E-state index in [0.29, 0.717) is 18.4 Å². The van der Waals surface area contributed by atoms with Crippen molar-refractivity contribution in [2.75, 3.05) is 25.0 Å². The Labute approximate surface area is 121 Å². The number of aliphatic hydroxyl groups excluding tert-OH is 1. The van der Waals surface area contributed by atoms with Crippen LogP contribution in [0.25, 0.3) is 0 Å². The van der Waals surface area contributed by atoms with Gasteiger partial charge in [0.15, 0.2) is 0 Å². The van der Waals surface area contributed by atoms with Crippen LogP contribution in [0.15, 0.2) is 30.3 Å². The van der Waals surface area contributed by atoms with Crippen molar-refractivity contribution in [3.63, 3.8) is 0 Å². The van der Waals surface area contributed by atoms with Crippen LogP contribution in [0.5, 0.6) is 0 Å². The van der Waals surface area contributed by atoms with Crippen LogP contribution in [-0.2, 0) is 4.79 Å². The van der Waals surface area contributed by atoms with Gasteiger partial charge < -0.3 is 15.7 Å². The summed E-state index contributed by atoms with van der Waals surface area (Å²) in [6.07, 6.45) is 1.76. The van der Waals surface area contributed by atoms with Gasteiger partial charge in [0.25, 0.3) is 0 Å². The monoisotopic (exact) mass is 278 g/mol. The van der Waals surface area contributed by atoms with Crippen LogP contribution < -0.4 is 10.6 Å². The van der Waals surface area contributed by atoms with E-state index in [1.807, 2.05) is 30.3 Å². The standard InChI is InChI=1S/C16H26N2O2/c1-13(2)10-14(8-9-19)11-18-16(20)12-17-15-6-4-3-5-7-15/h3-7,13-14,17,19H,8-12H2,1-2H3,(H,18,20). The Bertz CT molecular complexity index is 379. The molecular weight excluding hydrogens is 252 g/mol. The van der Waals surface area contributed by atoms with Gasteiger partial charge >= 0.3 is 0 Å². The minimum absolute atomic E-state index is 0.0134. The number of carbonyl (C=O) groups is 1. The lowest BCUT2D eigenvalue weighted by atomic mass is 9.94. The van der Waals surface area contributed by atoms with Crippen molar-refractivity contribution in [3.05, 3.63) is 30.3 Å². The highest BCUT2D eigenvalue weighted by atomic mass is 16.3. The Balaban J connectivity index is 2.27.